The molecule has 1 N–H and O–H groups in total. The van der Waals surface area contributed by atoms with Crippen LogP contribution in [0, 0.1) is 5.92 Å². The molecule has 1 aromatic carbocycles. The van der Waals surface area contributed by atoms with Crippen molar-refractivity contribution in [3.05, 3.63) is 45.9 Å². The van der Waals surface area contributed by atoms with Crippen molar-refractivity contribution >= 4 is 0 Å². The van der Waals surface area contributed by atoms with Gasteiger partial charge in [0.25, 0.3) is 0 Å². The first-order chi connectivity index (χ1) is 15.0. The molecule has 2 aliphatic heterocycles. The van der Waals surface area contributed by atoms with Gasteiger partial charge in [-0.05, 0) is 36.3 Å². The summed E-state index contributed by atoms with van der Waals surface area (Å²) in [6.07, 6.45) is 2.83. The average molecular weight is 429 g/mol. The van der Waals surface area contributed by atoms with Crippen molar-refractivity contribution in [3.63, 3.8) is 0 Å². The molecule has 2 atom stereocenters. The number of aliphatic hydroxyl groups excluding tert-OH is 1. The number of nitrogens with zero attached hydrogens (tertiary/aromatic N) is 2. The van der Waals surface area contributed by atoms with E-state index in [4.69, 9.17) is 14.2 Å². The van der Waals surface area contributed by atoms with E-state index in [-0.39, 0.29) is 23.8 Å². The van der Waals surface area contributed by atoms with Gasteiger partial charge in [0.1, 0.15) is 0 Å². The molecule has 1 fully saturated rings. The lowest BCUT2D eigenvalue weighted by atomic mass is 9.93. The highest BCUT2D eigenvalue weighted by molar-refractivity contribution is 5.67. The standard InChI is InChI=1S/C24H32N2O5/c1-16(2)22(27)6-4-17-3-5-20-18(13-17)7-9-26-21(20)14-23(25-24(26)28)31-10-8-19-15-29-11-12-30-19/h3,5,13-14,16,19,22,27H,4,6-12,15H2,1-2H3. The lowest BCUT2D eigenvalue weighted by Gasteiger charge is -2.24. The SMILES string of the molecule is CC(C)C(O)CCc1ccc2c(c1)CCn1c-2cc(OCCC2COCCO2)nc1=O. The lowest BCUT2D eigenvalue weighted by molar-refractivity contribution is -0.0936. The van der Waals surface area contributed by atoms with Gasteiger partial charge >= 0.3 is 5.69 Å². The van der Waals surface area contributed by atoms with Crippen LogP contribution in [0.25, 0.3) is 11.3 Å². The highest BCUT2D eigenvalue weighted by atomic mass is 16.6. The summed E-state index contributed by atoms with van der Waals surface area (Å²) in [4.78, 5) is 16.7. The van der Waals surface area contributed by atoms with Crippen LogP contribution in [-0.4, -0.2) is 53.3 Å². The minimum atomic E-state index is -0.285. The summed E-state index contributed by atoms with van der Waals surface area (Å²) in [5.74, 6) is 0.615. The van der Waals surface area contributed by atoms with Gasteiger partial charge in [-0.1, -0.05) is 32.0 Å². The van der Waals surface area contributed by atoms with E-state index in [2.05, 4.69) is 23.2 Å². The fourth-order valence-corrected chi connectivity index (χ4v) is 4.14. The monoisotopic (exact) mass is 428 g/mol. The van der Waals surface area contributed by atoms with Gasteiger partial charge in [-0.25, -0.2) is 4.79 Å². The number of benzene rings is 1. The molecule has 7 nitrogen and oxygen atoms in total. The minimum Gasteiger partial charge on any atom is -0.477 e. The van der Waals surface area contributed by atoms with E-state index in [1.165, 1.54) is 11.1 Å². The van der Waals surface area contributed by atoms with Crippen molar-refractivity contribution in [2.75, 3.05) is 26.4 Å². The molecule has 0 radical (unpaired) electrons. The maximum absolute atomic E-state index is 12.6. The number of hydrogen-bond donors (Lipinski definition) is 1. The minimum absolute atomic E-state index is 0.0286. The first-order valence-corrected chi connectivity index (χ1v) is 11.3. The van der Waals surface area contributed by atoms with Gasteiger partial charge in [0.2, 0.25) is 5.88 Å². The predicted octanol–water partition coefficient (Wildman–Crippen LogP) is 2.60. The maximum Gasteiger partial charge on any atom is 0.351 e. The van der Waals surface area contributed by atoms with E-state index in [9.17, 15) is 9.90 Å². The molecule has 1 aromatic heterocycles. The highest BCUT2D eigenvalue weighted by Gasteiger charge is 2.20. The molecule has 2 unspecified atom stereocenters. The molecule has 0 spiro atoms. The Morgan fingerprint density at radius 3 is 2.94 bits per heavy atom. The van der Waals surface area contributed by atoms with Crippen molar-refractivity contribution < 1.29 is 19.3 Å². The molecule has 2 aromatic rings. The van der Waals surface area contributed by atoms with Crippen LogP contribution in [-0.2, 0) is 28.9 Å². The summed E-state index contributed by atoms with van der Waals surface area (Å²) in [7, 11) is 0. The number of aromatic nitrogens is 2. The van der Waals surface area contributed by atoms with Crippen LogP contribution in [0.4, 0.5) is 0 Å². The Morgan fingerprint density at radius 1 is 1.29 bits per heavy atom. The van der Waals surface area contributed by atoms with Crippen LogP contribution < -0.4 is 10.4 Å². The number of aliphatic hydroxyl groups is 1. The van der Waals surface area contributed by atoms with Crippen molar-refractivity contribution in [1.29, 1.82) is 0 Å². The van der Waals surface area contributed by atoms with Crippen molar-refractivity contribution in [1.82, 2.24) is 9.55 Å². The molecule has 0 saturated carbocycles. The van der Waals surface area contributed by atoms with Crippen LogP contribution in [0.2, 0.25) is 0 Å². The molecular formula is C24H32N2O5. The van der Waals surface area contributed by atoms with Gasteiger partial charge in [0.05, 0.1) is 44.3 Å². The first-order valence-electron chi connectivity index (χ1n) is 11.3. The third-order valence-corrected chi connectivity index (χ3v) is 6.11. The van der Waals surface area contributed by atoms with E-state index >= 15 is 0 Å². The summed E-state index contributed by atoms with van der Waals surface area (Å²) in [6.45, 7) is 6.94. The number of hydrogen-bond acceptors (Lipinski definition) is 6. The smallest absolute Gasteiger partial charge is 0.351 e. The van der Waals surface area contributed by atoms with Gasteiger partial charge in [-0.15, -0.1) is 0 Å². The number of fused-ring (bicyclic) bond motifs is 3. The van der Waals surface area contributed by atoms with Crippen molar-refractivity contribution in [2.24, 2.45) is 5.92 Å². The topological polar surface area (TPSA) is 82.8 Å². The third-order valence-electron chi connectivity index (χ3n) is 6.11. The summed E-state index contributed by atoms with van der Waals surface area (Å²) in [6, 6.07) is 8.23. The Balaban J connectivity index is 1.47. The second-order valence-electron chi connectivity index (χ2n) is 8.71. The van der Waals surface area contributed by atoms with E-state index in [0.29, 0.717) is 45.3 Å². The zero-order chi connectivity index (χ0) is 21.8. The maximum atomic E-state index is 12.6. The number of rotatable bonds is 8. The zero-order valence-corrected chi connectivity index (χ0v) is 18.4. The fraction of sp³-hybridized carbons (Fsp3) is 0.583. The Bertz CT molecular complexity index is 949. The molecule has 1 saturated heterocycles. The van der Waals surface area contributed by atoms with Gasteiger partial charge in [0.15, 0.2) is 0 Å². The Kier molecular flexibility index (Phi) is 7.05. The molecule has 0 bridgehead atoms. The third kappa shape index (κ3) is 5.34. The zero-order valence-electron chi connectivity index (χ0n) is 18.4. The second-order valence-corrected chi connectivity index (χ2v) is 8.71. The molecule has 7 heteroatoms. The van der Waals surface area contributed by atoms with Gasteiger partial charge < -0.3 is 19.3 Å². The predicted molar refractivity (Wildman–Crippen MR) is 117 cm³/mol. The largest absolute Gasteiger partial charge is 0.477 e. The first kappa shape index (κ1) is 22.0. The van der Waals surface area contributed by atoms with Crippen LogP contribution in [0.5, 0.6) is 5.88 Å². The van der Waals surface area contributed by atoms with Crippen LogP contribution in [0.1, 0.15) is 37.8 Å². The van der Waals surface area contributed by atoms with Crippen LogP contribution in [0.15, 0.2) is 29.1 Å². The summed E-state index contributed by atoms with van der Waals surface area (Å²) in [5, 5.41) is 10.1. The Hall–Kier alpha value is -2.22. The fourth-order valence-electron chi connectivity index (χ4n) is 4.14. The molecule has 0 aliphatic carbocycles. The van der Waals surface area contributed by atoms with E-state index in [0.717, 1.165) is 30.5 Å². The second kappa shape index (κ2) is 9.94. The molecule has 0 amide bonds. The van der Waals surface area contributed by atoms with Gasteiger partial charge in [-0.2, -0.15) is 4.98 Å². The van der Waals surface area contributed by atoms with Crippen LogP contribution in [0.3, 0.4) is 0 Å². The Labute approximate surface area is 183 Å². The lowest BCUT2D eigenvalue weighted by Crippen LogP contribution is -2.30. The summed E-state index contributed by atoms with van der Waals surface area (Å²) in [5.41, 5.74) is 4.06. The Morgan fingerprint density at radius 2 is 2.16 bits per heavy atom. The van der Waals surface area contributed by atoms with E-state index in [1.807, 2.05) is 19.9 Å². The molecular weight excluding hydrogens is 396 g/mol. The number of ether oxygens (including phenoxy) is 3. The van der Waals surface area contributed by atoms with E-state index in [1.54, 1.807) is 4.57 Å². The van der Waals surface area contributed by atoms with Gasteiger partial charge in [-0.3, -0.25) is 4.57 Å². The molecule has 3 heterocycles. The molecule has 4 rings (SSSR count). The number of aryl methyl sites for hydroxylation is 2. The van der Waals surface area contributed by atoms with E-state index < -0.39 is 0 Å². The van der Waals surface area contributed by atoms with Crippen molar-refractivity contribution in [2.45, 2.75) is 58.3 Å². The molecule has 31 heavy (non-hydrogen) atoms. The van der Waals surface area contributed by atoms with Gasteiger partial charge in [0, 0.05) is 24.6 Å². The normalized spacial score (nSPS) is 19.0. The molecule has 2 aliphatic rings. The average Bonchev–Trinajstić information content (AvgIpc) is 2.77. The van der Waals surface area contributed by atoms with Crippen molar-refractivity contribution in [3.8, 4) is 17.1 Å². The summed E-state index contributed by atoms with van der Waals surface area (Å²) < 4.78 is 18.5. The highest BCUT2D eigenvalue weighted by Crippen LogP contribution is 2.31. The quantitative estimate of drug-likeness (QED) is 0.696. The van der Waals surface area contributed by atoms with Crippen LogP contribution >= 0.6 is 0 Å². The summed E-state index contributed by atoms with van der Waals surface area (Å²) >= 11 is 0. The molecule has 168 valence electrons.